The highest BCUT2D eigenvalue weighted by molar-refractivity contribution is 6.75. The van der Waals surface area contributed by atoms with E-state index in [1.807, 2.05) is 6.07 Å². The van der Waals surface area contributed by atoms with Crippen LogP contribution in [0.3, 0.4) is 0 Å². The van der Waals surface area contributed by atoms with Crippen LogP contribution in [0.4, 0.5) is 5.69 Å². The SMILES string of the molecule is COC(=O)C1=C(C(=O)OC)N(c2cccc([Si](OC)(OC)OC)c2)C=CC=C1. The number of esters is 2. The summed E-state index contributed by atoms with van der Waals surface area (Å²) in [6, 6.07) is 7.14. The molecule has 0 amide bonds. The summed E-state index contributed by atoms with van der Waals surface area (Å²) in [6.07, 6.45) is 6.47. The van der Waals surface area contributed by atoms with E-state index in [1.54, 1.807) is 41.5 Å². The molecule has 0 aliphatic carbocycles. The Morgan fingerprint density at radius 3 is 2.11 bits per heavy atom. The topological polar surface area (TPSA) is 83.5 Å². The summed E-state index contributed by atoms with van der Waals surface area (Å²) in [5.41, 5.74) is 0.678. The zero-order valence-corrected chi connectivity index (χ0v) is 17.4. The first-order valence-electron chi connectivity index (χ1n) is 8.29. The zero-order valence-electron chi connectivity index (χ0n) is 16.4. The van der Waals surface area contributed by atoms with E-state index in [-0.39, 0.29) is 11.3 Å². The van der Waals surface area contributed by atoms with Gasteiger partial charge in [0.05, 0.1) is 19.8 Å². The van der Waals surface area contributed by atoms with Gasteiger partial charge in [0, 0.05) is 38.4 Å². The van der Waals surface area contributed by atoms with Crippen LogP contribution in [0, 0.1) is 0 Å². The number of anilines is 1. The van der Waals surface area contributed by atoms with Crippen LogP contribution >= 0.6 is 0 Å². The number of carbonyl (C=O) groups is 2. The van der Waals surface area contributed by atoms with E-state index in [9.17, 15) is 9.59 Å². The summed E-state index contributed by atoms with van der Waals surface area (Å²) in [4.78, 5) is 26.3. The highest BCUT2D eigenvalue weighted by atomic mass is 28.4. The Morgan fingerprint density at radius 1 is 0.893 bits per heavy atom. The fourth-order valence-corrected chi connectivity index (χ4v) is 4.65. The second-order valence-corrected chi connectivity index (χ2v) is 8.45. The van der Waals surface area contributed by atoms with Crippen molar-refractivity contribution in [3.63, 3.8) is 0 Å². The van der Waals surface area contributed by atoms with Crippen molar-refractivity contribution in [1.29, 1.82) is 0 Å². The van der Waals surface area contributed by atoms with Crippen molar-refractivity contribution in [3.05, 3.63) is 60.0 Å². The van der Waals surface area contributed by atoms with Crippen molar-refractivity contribution in [2.45, 2.75) is 0 Å². The first-order chi connectivity index (χ1) is 13.5. The average Bonchev–Trinajstić information content (AvgIpc) is 2.97. The minimum Gasteiger partial charge on any atom is -0.465 e. The number of methoxy groups -OCH3 is 2. The summed E-state index contributed by atoms with van der Waals surface area (Å²) in [6.45, 7) is 0. The molecule has 1 aliphatic heterocycles. The molecule has 28 heavy (non-hydrogen) atoms. The van der Waals surface area contributed by atoms with Crippen molar-refractivity contribution in [1.82, 2.24) is 0 Å². The summed E-state index contributed by atoms with van der Waals surface area (Å²) < 4.78 is 26.3. The lowest BCUT2D eigenvalue weighted by molar-refractivity contribution is -0.139. The molecule has 0 saturated carbocycles. The highest BCUT2D eigenvalue weighted by Gasteiger charge is 2.41. The maximum absolute atomic E-state index is 12.5. The van der Waals surface area contributed by atoms with E-state index in [4.69, 9.17) is 22.8 Å². The molecule has 0 radical (unpaired) electrons. The van der Waals surface area contributed by atoms with Gasteiger partial charge in [-0.05, 0) is 24.3 Å². The van der Waals surface area contributed by atoms with Crippen LogP contribution < -0.4 is 10.1 Å². The Hall–Kier alpha value is -2.72. The molecule has 1 aromatic carbocycles. The molecular formula is C19H23NO7Si. The van der Waals surface area contributed by atoms with E-state index < -0.39 is 20.7 Å². The van der Waals surface area contributed by atoms with Crippen LogP contribution in [0.15, 0.2) is 60.0 Å². The molecular weight excluding hydrogens is 382 g/mol. The van der Waals surface area contributed by atoms with Gasteiger partial charge in [-0.1, -0.05) is 18.2 Å². The van der Waals surface area contributed by atoms with Crippen LogP contribution in [0.1, 0.15) is 0 Å². The predicted octanol–water partition coefficient (Wildman–Crippen LogP) is 1.26. The van der Waals surface area contributed by atoms with Gasteiger partial charge in [-0.15, -0.1) is 0 Å². The van der Waals surface area contributed by atoms with Gasteiger partial charge in [-0.2, -0.15) is 0 Å². The third-order valence-corrected chi connectivity index (χ3v) is 6.80. The molecule has 9 heteroatoms. The molecule has 150 valence electrons. The Bertz CT molecular complexity index is 819. The summed E-state index contributed by atoms with van der Waals surface area (Å²) in [5, 5.41) is 0.687. The molecule has 1 aliphatic rings. The lowest BCUT2D eigenvalue weighted by Gasteiger charge is -2.27. The standard InChI is InChI=1S/C19H23NO7Si/c1-23-18(21)16-11-6-7-12-20(17(16)19(22)24-2)14-9-8-10-15(13-14)28(25-3,26-4)27-5/h6-13H,1-5H3. The third kappa shape index (κ3) is 4.07. The molecule has 0 unspecified atom stereocenters. The number of hydrogen-bond donors (Lipinski definition) is 0. The Morgan fingerprint density at radius 2 is 1.54 bits per heavy atom. The first kappa shape index (κ1) is 21.6. The minimum atomic E-state index is -3.09. The molecule has 1 heterocycles. The Labute approximate surface area is 165 Å². The largest absolute Gasteiger partial charge is 0.536 e. The molecule has 0 saturated heterocycles. The fourth-order valence-electron chi connectivity index (χ4n) is 2.82. The number of benzene rings is 1. The molecule has 0 N–H and O–H groups in total. The van der Waals surface area contributed by atoms with Gasteiger partial charge in [0.2, 0.25) is 0 Å². The van der Waals surface area contributed by atoms with Crippen LogP contribution in [0.25, 0.3) is 0 Å². The third-order valence-electron chi connectivity index (χ3n) is 4.17. The number of ether oxygens (including phenoxy) is 2. The van der Waals surface area contributed by atoms with E-state index in [0.717, 1.165) is 0 Å². The van der Waals surface area contributed by atoms with E-state index in [2.05, 4.69) is 0 Å². The van der Waals surface area contributed by atoms with Crippen molar-refractivity contribution in [2.24, 2.45) is 0 Å². The molecule has 2 rings (SSSR count). The van der Waals surface area contributed by atoms with Crippen molar-refractivity contribution < 1.29 is 32.3 Å². The summed E-state index contributed by atoms with van der Waals surface area (Å²) in [7, 11) is 3.93. The maximum atomic E-state index is 12.5. The average molecular weight is 405 g/mol. The lowest BCUT2D eigenvalue weighted by Crippen LogP contribution is -2.54. The van der Waals surface area contributed by atoms with Crippen molar-refractivity contribution >= 4 is 31.6 Å². The number of carbonyl (C=O) groups excluding carboxylic acids is 2. The lowest BCUT2D eigenvalue weighted by atomic mass is 10.1. The number of allylic oxidation sites excluding steroid dienone is 2. The zero-order chi connectivity index (χ0) is 20.7. The number of nitrogens with zero attached hydrogens (tertiary/aromatic N) is 1. The Balaban J connectivity index is 2.66. The van der Waals surface area contributed by atoms with Gasteiger partial charge in [0.15, 0.2) is 0 Å². The normalized spacial score (nSPS) is 14.1. The molecule has 0 fully saturated rings. The number of hydrogen-bond acceptors (Lipinski definition) is 8. The minimum absolute atomic E-state index is 0.0241. The highest BCUT2D eigenvalue weighted by Crippen LogP contribution is 2.26. The van der Waals surface area contributed by atoms with E-state index in [0.29, 0.717) is 10.9 Å². The van der Waals surface area contributed by atoms with E-state index in [1.165, 1.54) is 41.6 Å². The molecule has 0 aromatic heterocycles. The molecule has 0 spiro atoms. The van der Waals surface area contributed by atoms with Gasteiger partial charge in [-0.3, -0.25) is 0 Å². The smallest absolute Gasteiger partial charge is 0.465 e. The number of rotatable bonds is 7. The van der Waals surface area contributed by atoms with Crippen LogP contribution in [0.2, 0.25) is 0 Å². The van der Waals surface area contributed by atoms with Gasteiger partial charge in [0.1, 0.15) is 5.70 Å². The monoisotopic (exact) mass is 405 g/mol. The van der Waals surface area contributed by atoms with Gasteiger partial charge in [0.25, 0.3) is 0 Å². The second kappa shape index (κ2) is 9.47. The molecule has 0 bridgehead atoms. The molecule has 8 nitrogen and oxygen atoms in total. The maximum Gasteiger partial charge on any atom is 0.536 e. The Kier molecular flexibility index (Phi) is 7.29. The molecule has 1 aromatic rings. The fraction of sp³-hybridized carbons (Fsp3) is 0.263. The summed E-state index contributed by atoms with van der Waals surface area (Å²) in [5.74, 6) is -1.34. The van der Waals surface area contributed by atoms with Crippen LogP contribution in [0.5, 0.6) is 0 Å². The second-order valence-electron chi connectivity index (χ2n) is 5.53. The van der Waals surface area contributed by atoms with E-state index >= 15 is 0 Å². The first-order valence-corrected chi connectivity index (χ1v) is 10.0. The van der Waals surface area contributed by atoms with Gasteiger partial charge in [-0.25, -0.2) is 9.59 Å². The van der Waals surface area contributed by atoms with Crippen molar-refractivity contribution in [2.75, 3.05) is 40.4 Å². The van der Waals surface area contributed by atoms with Crippen LogP contribution in [-0.2, 0) is 32.3 Å². The molecule has 0 atom stereocenters. The summed E-state index contributed by atoms with van der Waals surface area (Å²) >= 11 is 0. The van der Waals surface area contributed by atoms with Gasteiger partial charge < -0.3 is 27.7 Å². The van der Waals surface area contributed by atoms with Gasteiger partial charge >= 0.3 is 20.7 Å². The van der Waals surface area contributed by atoms with Crippen molar-refractivity contribution in [3.8, 4) is 0 Å². The quantitative estimate of drug-likeness (QED) is 0.495. The predicted molar refractivity (Wildman–Crippen MR) is 105 cm³/mol. The van der Waals surface area contributed by atoms with Crippen LogP contribution in [-0.4, -0.2) is 56.3 Å².